The number of furan rings is 1. The van der Waals surface area contributed by atoms with Gasteiger partial charge >= 0.3 is 5.97 Å². The van der Waals surface area contributed by atoms with E-state index in [2.05, 4.69) is 4.98 Å². The molecular formula is C15H20N2O3S. The van der Waals surface area contributed by atoms with Crippen molar-refractivity contribution in [2.24, 2.45) is 0 Å². The van der Waals surface area contributed by atoms with E-state index in [1.807, 2.05) is 51.8 Å². The largest absolute Gasteiger partial charge is 0.477 e. The van der Waals surface area contributed by atoms with Gasteiger partial charge in [0.1, 0.15) is 16.4 Å². The number of anilines is 1. The zero-order valence-electron chi connectivity index (χ0n) is 12.9. The first-order valence-electron chi connectivity index (χ1n) is 6.69. The van der Waals surface area contributed by atoms with Crippen molar-refractivity contribution >= 4 is 22.4 Å². The van der Waals surface area contributed by atoms with Crippen LogP contribution in [0.1, 0.15) is 47.7 Å². The molecule has 0 radical (unpaired) electrons. The van der Waals surface area contributed by atoms with Gasteiger partial charge in [-0.25, -0.2) is 9.78 Å². The van der Waals surface area contributed by atoms with Crippen LogP contribution in [0.15, 0.2) is 16.5 Å². The van der Waals surface area contributed by atoms with Crippen molar-refractivity contribution in [3.8, 4) is 0 Å². The van der Waals surface area contributed by atoms with Crippen molar-refractivity contribution in [1.29, 1.82) is 0 Å². The standard InChI is InChI=1S/C15H20N2O3S/c1-9-6-7-10(20-9)8-17(5)14-16-12(15(2,3)4)11(21-14)13(18)19/h6-7H,8H2,1-5H3,(H,18,19). The first kappa shape index (κ1) is 15.6. The van der Waals surface area contributed by atoms with Gasteiger partial charge in [-0.3, -0.25) is 0 Å². The lowest BCUT2D eigenvalue weighted by Gasteiger charge is -2.17. The van der Waals surface area contributed by atoms with Gasteiger partial charge in [-0.05, 0) is 19.1 Å². The highest BCUT2D eigenvalue weighted by molar-refractivity contribution is 7.17. The predicted octanol–water partition coefficient (Wildman–Crippen LogP) is 3.68. The van der Waals surface area contributed by atoms with Gasteiger partial charge in [0.15, 0.2) is 5.13 Å². The van der Waals surface area contributed by atoms with Crippen LogP contribution < -0.4 is 4.90 Å². The first-order valence-corrected chi connectivity index (χ1v) is 7.51. The molecule has 0 atom stereocenters. The van der Waals surface area contributed by atoms with Crippen molar-refractivity contribution in [3.05, 3.63) is 34.2 Å². The zero-order chi connectivity index (χ0) is 15.8. The van der Waals surface area contributed by atoms with Crippen LogP contribution in [0.5, 0.6) is 0 Å². The second-order valence-electron chi connectivity index (χ2n) is 6.10. The summed E-state index contributed by atoms with van der Waals surface area (Å²) in [6.07, 6.45) is 0. The summed E-state index contributed by atoms with van der Waals surface area (Å²) < 4.78 is 5.55. The molecule has 0 aliphatic heterocycles. The SMILES string of the molecule is Cc1ccc(CN(C)c2nc(C(C)(C)C)c(C(=O)O)s2)o1. The quantitative estimate of drug-likeness (QED) is 0.933. The number of hydrogen-bond donors (Lipinski definition) is 1. The average Bonchev–Trinajstić information content (AvgIpc) is 2.94. The average molecular weight is 308 g/mol. The molecule has 2 heterocycles. The molecule has 21 heavy (non-hydrogen) atoms. The Labute approximate surface area is 128 Å². The number of carboxylic acids is 1. The third-order valence-corrected chi connectivity index (χ3v) is 4.19. The second-order valence-corrected chi connectivity index (χ2v) is 7.08. The van der Waals surface area contributed by atoms with Crippen LogP contribution >= 0.6 is 11.3 Å². The Morgan fingerprint density at radius 3 is 2.52 bits per heavy atom. The maximum atomic E-state index is 11.4. The summed E-state index contributed by atoms with van der Waals surface area (Å²) in [7, 11) is 1.88. The first-order chi connectivity index (χ1) is 9.68. The fourth-order valence-corrected chi connectivity index (χ4v) is 3.07. The number of rotatable bonds is 4. The van der Waals surface area contributed by atoms with Gasteiger partial charge in [0.2, 0.25) is 0 Å². The Kier molecular flexibility index (Phi) is 4.09. The third-order valence-electron chi connectivity index (χ3n) is 3.04. The van der Waals surface area contributed by atoms with E-state index in [1.165, 1.54) is 11.3 Å². The summed E-state index contributed by atoms with van der Waals surface area (Å²) in [5.41, 5.74) is 0.322. The molecule has 0 unspecified atom stereocenters. The molecule has 114 valence electrons. The Hall–Kier alpha value is -1.82. The molecule has 0 saturated carbocycles. The van der Waals surface area contributed by atoms with Gasteiger partial charge < -0.3 is 14.4 Å². The van der Waals surface area contributed by atoms with E-state index in [0.717, 1.165) is 11.5 Å². The van der Waals surface area contributed by atoms with E-state index in [-0.39, 0.29) is 5.41 Å². The highest BCUT2D eigenvalue weighted by atomic mass is 32.1. The summed E-state index contributed by atoms with van der Waals surface area (Å²) >= 11 is 1.20. The Morgan fingerprint density at radius 2 is 2.10 bits per heavy atom. The molecule has 2 aromatic heterocycles. The number of aromatic carboxylic acids is 1. The number of nitrogens with zero attached hydrogens (tertiary/aromatic N) is 2. The van der Waals surface area contributed by atoms with Crippen LogP contribution in [0.3, 0.4) is 0 Å². The third kappa shape index (κ3) is 3.44. The molecule has 0 spiro atoms. The van der Waals surface area contributed by atoms with Gasteiger partial charge in [0.25, 0.3) is 0 Å². The summed E-state index contributed by atoms with van der Waals surface area (Å²) in [5, 5.41) is 10.0. The molecule has 0 saturated heterocycles. The van der Waals surface area contributed by atoms with Crippen LogP contribution in [0.25, 0.3) is 0 Å². The highest BCUT2D eigenvalue weighted by Crippen LogP contribution is 2.34. The summed E-state index contributed by atoms with van der Waals surface area (Å²) in [6.45, 7) is 8.35. The van der Waals surface area contributed by atoms with E-state index in [1.54, 1.807) is 0 Å². The monoisotopic (exact) mass is 308 g/mol. The molecule has 0 fully saturated rings. The lowest BCUT2D eigenvalue weighted by Crippen LogP contribution is -2.18. The highest BCUT2D eigenvalue weighted by Gasteiger charge is 2.28. The normalized spacial score (nSPS) is 11.7. The summed E-state index contributed by atoms with van der Waals surface area (Å²) in [5.74, 6) is 0.768. The van der Waals surface area contributed by atoms with Gasteiger partial charge in [0, 0.05) is 12.5 Å². The smallest absolute Gasteiger partial charge is 0.347 e. The fraction of sp³-hybridized carbons (Fsp3) is 0.467. The lowest BCUT2D eigenvalue weighted by atomic mass is 9.91. The minimum absolute atomic E-state index is 0.301. The molecule has 0 aromatic carbocycles. The van der Waals surface area contributed by atoms with Crippen molar-refractivity contribution in [2.45, 2.75) is 39.7 Å². The van der Waals surface area contributed by atoms with Gasteiger partial charge in [0.05, 0.1) is 12.2 Å². The molecule has 0 amide bonds. The molecule has 2 aromatic rings. The van der Waals surface area contributed by atoms with Crippen molar-refractivity contribution < 1.29 is 14.3 Å². The minimum Gasteiger partial charge on any atom is -0.477 e. The van der Waals surface area contributed by atoms with Gasteiger partial charge in [-0.1, -0.05) is 32.1 Å². The van der Waals surface area contributed by atoms with E-state index >= 15 is 0 Å². The zero-order valence-corrected chi connectivity index (χ0v) is 13.7. The maximum Gasteiger partial charge on any atom is 0.347 e. The Bertz CT molecular complexity index is 652. The summed E-state index contributed by atoms with van der Waals surface area (Å²) in [4.78, 5) is 18.1. The van der Waals surface area contributed by atoms with E-state index in [0.29, 0.717) is 22.2 Å². The molecule has 0 bridgehead atoms. The summed E-state index contributed by atoms with van der Waals surface area (Å²) in [6, 6.07) is 3.83. The van der Waals surface area contributed by atoms with Crippen LogP contribution in [0.4, 0.5) is 5.13 Å². The molecule has 6 heteroatoms. The van der Waals surface area contributed by atoms with E-state index < -0.39 is 5.97 Å². The Balaban J connectivity index is 2.29. The van der Waals surface area contributed by atoms with Gasteiger partial charge in [-0.15, -0.1) is 0 Å². The lowest BCUT2D eigenvalue weighted by molar-refractivity contribution is 0.0699. The van der Waals surface area contributed by atoms with E-state index in [4.69, 9.17) is 4.42 Å². The second kappa shape index (κ2) is 5.52. The molecule has 5 nitrogen and oxygen atoms in total. The molecule has 0 aliphatic rings. The van der Waals surface area contributed by atoms with Crippen LogP contribution in [0, 0.1) is 6.92 Å². The topological polar surface area (TPSA) is 66.6 Å². The molecule has 2 rings (SSSR count). The number of aryl methyl sites for hydroxylation is 1. The van der Waals surface area contributed by atoms with Gasteiger partial charge in [-0.2, -0.15) is 0 Å². The minimum atomic E-state index is -0.925. The molecular weight excluding hydrogens is 288 g/mol. The van der Waals surface area contributed by atoms with Crippen molar-refractivity contribution in [2.75, 3.05) is 11.9 Å². The van der Waals surface area contributed by atoms with Crippen LogP contribution in [-0.4, -0.2) is 23.1 Å². The number of thiazole rings is 1. The van der Waals surface area contributed by atoms with E-state index in [9.17, 15) is 9.90 Å². The number of carboxylic acid groups (broad SMARTS) is 1. The fourth-order valence-electron chi connectivity index (χ4n) is 2.00. The van der Waals surface area contributed by atoms with Crippen LogP contribution in [-0.2, 0) is 12.0 Å². The van der Waals surface area contributed by atoms with Crippen LogP contribution in [0.2, 0.25) is 0 Å². The van der Waals surface area contributed by atoms with Crippen molar-refractivity contribution in [1.82, 2.24) is 4.98 Å². The van der Waals surface area contributed by atoms with Crippen molar-refractivity contribution in [3.63, 3.8) is 0 Å². The molecule has 1 N–H and O–H groups in total. The predicted molar refractivity (Wildman–Crippen MR) is 83.3 cm³/mol. The Morgan fingerprint density at radius 1 is 1.43 bits per heavy atom. The molecule has 0 aliphatic carbocycles. The number of hydrogen-bond acceptors (Lipinski definition) is 5. The number of carbonyl (C=O) groups is 1. The maximum absolute atomic E-state index is 11.4. The number of aromatic nitrogens is 1.